The molecule has 1 aliphatic heterocycles. The van der Waals surface area contributed by atoms with E-state index in [1.54, 1.807) is 9.58 Å². The van der Waals surface area contributed by atoms with Crippen molar-refractivity contribution in [2.45, 2.75) is 25.8 Å². The van der Waals surface area contributed by atoms with Gasteiger partial charge in [0.1, 0.15) is 0 Å². The van der Waals surface area contributed by atoms with Gasteiger partial charge in [0, 0.05) is 45.5 Å². The van der Waals surface area contributed by atoms with Crippen molar-refractivity contribution in [1.29, 1.82) is 0 Å². The summed E-state index contributed by atoms with van der Waals surface area (Å²) in [5.74, 6) is 0. The number of aryl methyl sites for hydroxylation is 1. The van der Waals surface area contributed by atoms with Gasteiger partial charge >= 0.3 is 6.03 Å². The third-order valence-electron chi connectivity index (χ3n) is 3.84. The van der Waals surface area contributed by atoms with Crippen LogP contribution in [0.15, 0.2) is 12.4 Å². The first-order chi connectivity index (χ1) is 10.1. The van der Waals surface area contributed by atoms with Crippen LogP contribution in [0.1, 0.15) is 19.8 Å². The standard InChI is InChI=1S/C14H25N5O2/c1-3-18(7-8-20)14(21)16-12-5-4-6-19(10-12)13-9-15-17(2)11-13/h9,11-12,20H,3-8,10H2,1-2H3,(H,16,21). The summed E-state index contributed by atoms with van der Waals surface area (Å²) >= 11 is 0. The first kappa shape index (κ1) is 15.6. The highest BCUT2D eigenvalue weighted by Crippen LogP contribution is 2.19. The normalized spacial score (nSPS) is 18.6. The molecule has 0 spiro atoms. The van der Waals surface area contributed by atoms with Crippen molar-refractivity contribution >= 4 is 11.7 Å². The summed E-state index contributed by atoms with van der Waals surface area (Å²) in [5.41, 5.74) is 1.10. The summed E-state index contributed by atoms with van der Waals surface area (Å²) in [4.78, 5) is 16.0. The number of anilines is 1. The Labute approximate surface area is 125 Å². The minimum atomic E-state index is -0.0930. The lowest BCUT2D eigenvalue weighted by molar-refractivity contribution is 0.176. The van der Waals surface area contributed by atoms with Crippen molar-refractivity contribution in [3.05, 3.63) is 12.4 Å². The van der Waals surface area contributed by atoms with Crippen molar-refractivity contribution in [3.8, 4) is 0 Å². The highest BCUT2D eigenvalue weighted by molar-refractivity contribution is 5.74. The molecular formula is C14H25N5O2. The molecule has 2 amide bonds. The van der Waals surface area contributed by atoms with Gasteiger partial charge in [-0.25, -0.2) is 4.79 Å². The van der Waals surface area contributed by atoms with Crippen molar-refractivity contribution in [2.24, 2.45) is 7.05 Å². The molecule has 1 saturated heterocycles. The van der Waals surface area contributed by atoms with Crippen LogP contribution in [-0.2, 0) is 7.05 Å². The predicted molar refractivity (Wildman–Crippen MR) is 81.3 cm³/mol. The van der Waals surface area contributed by atoms with E-state index in [1.807, 2.05) is 26.4 Å². The van der Waals surface area contributed by atoms with Crippen LogP contribution in [0, 0.1) is 0 Å². The zero-order valence-electron chi connectivity index (χ0n) is 12.8. The molecule has 1 aromatic heterocycles. The van der Waals surface area contributed by atoms with Crippen LogP contribution in [0.3, 0.4) is 0 Å². The Morgan fingerprint density at radius 3 is 3.05 bits per heavy atom. The smallest absolute Gasteiger partial charge is 0.317 e. The molecular weight excluding hydrogens is 270 g/mol. The van der Waals surface area contributed by atoms with E-state index in [4.69, 9.17) is 5.11 Å². The van der Waals surface area contributed by atoms with Gasteiger partial charge in [0.15, 0.2) is 0 Å². The summed E-state index contributed by atoms with van der Waals surface area (Å²) < 4.78 is 1.79. The molecule has 0 saturated carbocycles. The number of aromatic nitrogens is 2. The number of rotatable bonds is 5. The van der Waals surface area contributed by atoms with Gasteiger partial charge in [-0.2, -0.15) is 5.10 Å². The lowest BCUT2D eigenvalue weighted by Crippen LogP contribution is -2.52. The highest BCUT2D eigenvalue weighted by atomic mass is 16.3. The van der Waals surface area contributed by atoms with Crippen LogP contribution in [0.4, 0.5) is 10.5 Å². The second-order valence-corrected chi connectivity index (χ2v) is 5.41. The van der Waals surface area contributed by atoms with E-state index in [1.165, 1.54) is 0 Å². The number of urea groups is 1. The van der Waals surface area contributed by atoms with Gasteiger partial charge in [0.25, 0.3) is 0 Å². The fourth-order valence-electron chi connectivity index (χ4n) is 2.69. The van der Waals surface area contributed by atoms with Crippen LogP contribution in [0.2, 0.25) is 0 Å². The molecule has 1 aliphatic rings. The number of piperidine rings is 1. The maximum atomic E-state index is 12.1. The molecule has 0 aromatic carbocycles. The van der Waals surface area contributed by atoms with Gasteiger partial charge < -0.3 is 20.2 Å². The molecule has 118 valence electrons. The number of carbonyl (C=O) groups is 1. The van der Waals surface area contributed by atoms with E-state index in [2.05, 4.69) is 15.3 Å². The fraction of sp³-hybridized carbons (Fsp3) is 0.714. The van der Waals surface area contributed by atoms with Gasteiger partial charge in [-0.15, -0.1) is 0 Å². The quantitative estimate of drug-likeness (QED) is 0.825. The van der Waals surface area contributed by atoms with Gasteiger partial charge in [0.2, 0.25) is 0 Å². The van der Waals surface area contributed by atoms with E-state index in [0.717, 1.165) is 31.6 Å². The first-order valence-electron chi connectivity index (χ1n) is 7.54. The van der Waals surface area contributed by atoms with Gasteiger partial charge in [0.05, 0.1) is 18.5 Å². The molecule has 2 N–H and O–H groups in total. The Morgan fingerprint density at radius 2 is 2.43 bits per heavy atom. The average Bonchev–Trinajstić information content (AvgIpc) is 2.91. The Bertz CT molecular complexity index is 462. The fourth-order valence-corrected chi connectivity index (χ4v) is 2.69. The summed E-state index contributed by atoms with van der Waals surface area (Å²) in [5, 5.41) is 16.2. The number of carbonyl (C=O) groups excluding carboxylic acids is 1. The van der Waals surface area contributed by atoms with Crippen LogP contribution in [0.5, 0.6) is 0 Å². The maximum absolute atomic E-state index is 12.1. The minimum Gasteiger partial charge on any atom is -0.395 e. The Morgan fingerprint density at radius 1 is 1.62 bits per heavy atom. The first-order valence-corrected chi connectivity index (χ1v) is 7.54. The second kappa shape index (κ2) is 7.31. The lowest BCUT2D eigenvalue weighted by Gasteiger charge is -2.35. The molecule has 7 heteroatoms. The number of aliphatic hydroxyl groups is 1. The molecule has 1 aromatic rings. The number of likely N-dealkylation sites (N-methyl/N-ethyl adjacent to an activating group) is 1. The lowest BCUT2D eigenvalue weighted by atomic mass is 10.1. The molecule has 1 atom stereocenters. The van der Waals surface area contributed by atoms with Crippen LogP contribution >= 0.6 is 0 Å². The number of aliphatic hydroxyl groups excluding tert-OH is 1. The number of hydrogen-bond acceptors (Lipinski definition) is 4. The summed E-state index contributed by atoms with van der Waals surface area (Å²) in [6.07, 6.45) is 5.88. The van der Waals surface area contributed by atoms with Crippen LogP contribution in [-0.4, -0.2) is 64.6 Å². The molecule has 0 radical (unpaired) electrons. The summed E-state index contributed by atoms with van der Waals surface area (Å²) in [7, 11) is 1.90. The van der Waals surface area contributed by atoms with E-state index in [9.17, 15) is 4.79 Å². The number of nitrogens with one attached hydrogen (secondary N) is 1. The topological polar surface area (TPSA) is 73.6 Å². The summed E-state index contributed by atoms with van der Waals surface area (Å²) in [6.45, 7) is 4.68. The largest absolute Gasteiger partial charge is 0.395 e. The van der Waals surface area contributed by atoms with Crippen molar-refractivity contribution in [2.75, 3.05) is 37.7 Å². The van der Waals surface area contributed by atoms with Crippen molar-refractivity contribution in [1.82, 2.24) is 20.0 Å². The highest BCUT2D eigenvalue weighted by Gasteiger charge is 2.23. The molecule has 2 heterocycles. The minimum absolute atomic E-state index is 0.00621. The van der Waals surface area contributed by atoms with Crippen molar-refractivity contribution < 1.29 is 9.90 Å². The van der Waals surface area contributed by atoms with E-state index in [-0.39, 0.29) is 18.7 Å². The van der Waals surface area contributed by atoms with E-state index >= 15 is 0 Å². The number of amides is 2. The molecule has 21 heavy (non-hydrogen) atoms. The molecule has 0 aliphatic carbocycles. The zero-order valence-corrected chi connectivity index (χ0v) is 12.8. The van der Waals surface area contributed by atoms with Crippen LogP contribution < -0.4 is 10.2 Å². The molecule has 2 rings (SSSR count). The molecule has 1 fully saturated rings. The summed E-state index contributed by atoms with van der Waals surface area (Å²) in [6, 6.07) is 0.0452. The Balaban J connectivity index is 1.90. The van der Waals surface area contributed by atoms with Gasteiger partial charge in [-0.05, 0) is 19.8 Å². The average molecular weight is 295 g/mol. The Hall–Kier alpha value is -1.76. The van der Waals surface area contributed by atoms with Gasteiger partial charge in [-0.1, -0.05) is 0 Å². The monoisotopic (exact) mass is 295 g/mol. The van der Waals surface area contributed by atoms with Crippen molar-refractivity contribution in [3.63, 3.8) is 0 Å². The maximum Gasteiger partial charge on any atom is 0.317 e. The molecule has 0 bridgehead atoms. The second-order valence-electron chi connectivity index (χ2n) is 5.41. The predicted octanol–water partition coefficient (Wildman–Crippen LogP) is 0.413. The third kappa shape index (κ3) is 4.10. The zero-order chi connectivity index (χ0) is 15.2. The SMILES string of the molecule is CCN(CCO)C(=O)NC1CCCN(c2cnn(C)c2)C1. The third-order valence-corrected chi connectivity index (χ3v) is 3.84. The number of nitrogens with zero attached hydrogens (tertiary/aromatic N) is 4. The van der Waals surface area contributed by atoms with E-state index < -0.39 is 0 Å². The molecule has 7 nitrogen and oxygen atoms in total. The Kier molecular flexibility index (Phi) is 5.44. The molecule has 1 unspecified atom stereocenters. The van der Waals surface area contributed by atoms with Crippen LogP contribution in [0.25, 0.3) is 0 Å². The van der Waals surface area contributed by atoms with E-state index in [0.29, 0.717) is 13.1 Å². The van der Waals surface area contributed by atoms with Gasteiger partial charge in [-0.3, -0.25) is 4.68 Å². The number of hydrogen-bond donors (Lipinski definition) is 2.